The molecule has 0 bridgehead atoms. The molecule has 0 saturated carbocycles. The fraction of sp³-hybridized carbons (Fsp3) is 0.300. The number of carbonyl (C=O) groups excluding carboxylic acids is 1. The maximum absolute atomic E-state index is 11.5. The van der Waals surface area contributed by atoms with E-state index < -0.39 is 24.6 Å². The van der Waals surface area contributed by atoms with Crippen LogP contribution in [0.25, 0.3) is 0 Å². The second-order valence-corrected chi connectivity index (χ2v) is 5.38. The summed E-state index contributed by atoms with van der Waals surface area (Å²) in [6, 6.07) is 3.43. The van der Waals surface area contributed by atoms with Crippen molar-refractivity contribution in [2.24, 2.45) is 0 Å². The Kier molecular flexibility index (Phi) is 4.83. The van der Waals surface area contributed by atoms with Crippen LogP contribution in [-0.4, -0.2) is 33.7 Å². The van der Waals surface area contributed by atoms with Crippen LogP contribution in [0, 0.1) is 10.1 Å². The summed E-state index contributed by atoms with van der Waals surface area (Å²) in [4.78, 5) is 40.1. The van der Waals surface area contributed by atoms with E-state index in [1.54, 1.807) is 0 Å². The van der Waals surface area contributed by atoms with E-state index in [1.165, 1.54) is 26.1 Å². The predicted molar refractivity (Wildman–Crippen MR) is 71.1 cm³/mol. The van der Waals surface area contributed by atoms with Crippen molar-refractivity contribution < 1.29 is 24.1 Å². The maximum atomic E-state index is 11.5. The monoisotopic (exact) mass is 303 g/mol. The number of nitrogens with one attached hydrogen (secondary N) is 1. The lowest BCUT2D eigenvalue weighted by atomic mass is 10.2. The molecule has 1 aromatic carbocycles. The van der Waals surface area contributed by atoms with Gasteiger partial charge in [-0.15, -0.1) is 0 Å². The Hall–Kier alpha value is -1.96. The van der Waals surface area contributed by atoms with Gasteiger partial charge in [0.25, 0.3) is 5.69 Å². The molecule has 1 atom stereocenters. The van der Waals surface area contributed by atoms with Crippen LogP contribution in [0.5, 0.6) is 0 Å². The molecule has 1 rings (SSSR count). The van der Waals surface area contributed by atoms with Gasteiger partial charge in [-0.05, 0) is 19.1 Å². The van der Waals surface area contributed by atoms with Gasteiger partial charge < -0.3 is 15.1 Å². The molecule has 0 heterocycles. The number of carbonyl (C=O) groups is 1. The van der Waals surface area contributed by atoms with Crippen LogP contribution < -0.4 is 9.99 Å². The SMILES string of the molecule is CNC(=O)[C@H](C)N(c1ccc([N+](=O)[O-])cc1)P(=O)(O)O. The predicted octanol–water partition coefficient (Wildman–Crippen LogP) is 0.628. The standard InChI is InChI=1S/C10H14N3O6P/c1-7(10(14)11-2)12(20(17,18)19)8-3-5-9(6-4-8)13(15)16/h3-7H,1-2H3,(H,11,14)(H2,17,18,19)/t7-/m0/s1. The number of non-ortho nitro benzene ring substituents is 1. The molecular weight excluding hydrogens is 289 g/mol. The van der Waals surface area contributed by atoms with E-state index in [9.17, 15) is 29.3 Å². The summed E-state index contributed by atoms with van der Waals surface area (Å²) in [6.07, 6.45) is 0. The zero-order valence-electron chi connectivity index (χ0n) is 10.8. The Morgan fingerprint density at radius 3 is 2.25 bits per heavy atom. The molecule has 0 aliphatic carbocycles. The lowest BCUT2D eigenvalue weighted by Crippen LogP contribution is -2.42. The first-order valence-electron chi connectivity index (χ1n) is 5.49. The minimum Gasteiger partial charge on any atom is -0.357 e. The van der Waals surface area contributed by atoms with Crippen molar-refractivity contribution in [3.63, 3.8) is 0 Å². The van der Waals surface area contributed by atoms with Crippen molar-refractivity contribution >= 4 is 25.0 Å². The Labute approximate surface area is 114 Å². The highest BCUT2D eigenvalue weighted by molar-refractivity contribution is 7.53. The number of rotatable bonds is 5. The van der Waals surface area contributed by atoms with Crippen molar-refractivity contribution in [2.75, 3.05) is 11.7 Å². The van der Waals surface area contributed by atoms with E-state index in [0.717, 1.165) is 12.1 Å². The molecule has 0 unspecified atom stereocenters. The van der Waals surface area contributed by atoms with Crippen molar-refractivity contribution in [3.05, 3.63) is 34.4 Å². The lowest BCUT2D eigenvalue weighted by Gasteiger charge is -2.30. The largest absolute Gasteiger partial charge is 0.430 e. The highest BCUT2D eigenvalue weighted by Gasteiger charge is 2.34. The Morgan fingerprint density at radius 1 is 1.40 bits per heavy atom. The van der Waals surface area contributed by atoms with Gasteiger partial charge in [-0.25, -0.2) is 4.57 Å². The highest BCUT2D eigenvalue weighted by atomic mass is 31.2. The second kappa shape index (κ2) is 6.00. The Morgan fingerprint density at radius 2 is 1.90 bits per heavy atom. The number of benzene rings is 1. The van der Waals surface area contributed by atoms with E-state index >= 15 is 0 Å². The van der Waals surface area contributed by atoms with Crippen molar-refractivity contribution in [3.8, 4) is 0 Å². The molecule has 9 nitrogen and oxygen atoms in total. The van der Waals surface area contributed by atoms with Crippen LogP contribution in [-0.2, 0) is 9.36 Å². The first kappa shape index (κ1) is 16.1. The second-order valence-electron chi connectivity index (χ2n) is 3.92. The summed E-state index contributed by atoms with van der Waals surface area (Å²) >= 11 is 0. The molecule has 20 heavy (non-hydrogen) atoms. The highest BCUT2D eigenvalue weighted by Crippen LogP contribution is 2.45. The molecular formula is C10H14N3O6P. The molecule has 1 aromatic rings. The van der Waals surface area contributed by atoms with E-state index in [0.29, 0.717) is 4.67 Å². The van der Waals surface area contributed by atoms with Gasteiger partial charge in [-0.2, -0.15) is 0 Å². The smallest absolute Gasteiger partial charge is 0.357 e. The number of likely N-dealkylation sites (N-methyl/N-ethyl adjacent to an activating group) is 1. The number of nitrogens with zero attached hydrogens (tertiary/aromatic N) is 2. The maximum Gasteiger partial charge on any atom is 0.430 e. The third-order valence-electron chi connectivity index (χ3n) is 2.60. The Balaban J connectivity index is 3.22. The molecule has 0 aromatic heterocycles. The van der Waals surface area contributed by atoms with Crippen LogP contribution in [0.1, 0.15) is 6.92 Å². The molecule has 3 N–H and O–H groups in total. The lowest BCUT2D eigenvalue weighted by molar-refractivity contribution is -0.384. The van der Waals surface area contributed by atoms with Crippen LogP contribution in [0.3, 0.4) is 0 Å². The first-order valence-corrected chi connectivity index (χ1v) is 7.06. The molecule has 0 aliphatic rings. The zero-order chi connectivity index (χ0) is 15.5. The summed E-state index contributed by atoms with van der Waals surface area (Å²) in [7, 11) is -3.42. The number of hydrogen-bond acceptors (Lipinski definition) is 4. The molecule has 0 radical (unpaired) electrons. The molecule has 110 valence electrons. The number of nitro groups is 1. The van der Waals surface area contributed by atoms with Crippen LogP contribution in [0.15, 0.2) is 24.3 Å². The van der Waals surface area contributed by atoms with Gasteiger partial charge >= 0.3 is 7.75 Å². The number of nitro benzene ring substituents is 1. The third-order valence-corrected chi connectivity index (χ3v) is 3.74. The third kappa shape index (κ3) is 3.53. The van der Waals surface area contributed by atoms with Crippen molar-refractivity contribution in [1.82, 2.24) is 5.32 Å². The quantitative estimate of drug-likeness (QED) is 0.412. The Bertz CT molecular complexity index is 555. The molecule has 0 saturated heterocycles. The molecule has 10 heteroatoms. The van der Waals surface area contributed by atoms with Gasteiger partial charge in [0.15, 0.2) is 0 Å². The van der Waals surface area contributed by atoms with Crippen molar-refractivity contribution in [2.45, 2.75) is 13.0 Å². The molecule has 0 fully saturated rings. The molecule has 0 aliphatic heterocycles. The summed E-state index contributed by atoms with van der Waals surface area (Å²) in [6.45, 7) is 1.32. The number of anilines is 1. The summed E-state index contributed by atoms with van der Waals surface area (Å²) in [5.41, 5.74) is -0.202. The average molecular weight is 303 g/mol. The fourth-order valence-corrected chi connectivity index (χ4v) is 2.64. The van der Waals surface area contributed by atoms with Gasteiger partial charge in [-0.3, -0.25) is 19.6 Å². The normalized spacial score (nSPS) is 12.6. The summed E-state index contributed by atoms with van der Waals surface area (Å²) < 4.78 is 12.1. The number of amides is 1. The molecule has 1 amide bonds. The van der Waals surface area contributed by atoms with Gasteiger partial charge in [-0.1, -0.05) is 0 Å². The van der Waals surface area contributed by atoms with Crippen LogP contribution in [0.2, 0.25) is 0 Å². The van der Waals surface area contributed by atoms with E-state index in [4.69, 9.17) is 0 Å². The number of hydrogen-bond donors (Lipinski definition) is 3. The fourth-order valence-electron chi connectivity index (χ4n) is 1.65. The van der Waals surface area contributed by atoms with E-state index in [2.05, 4.69) is 5.32 Å². The molecule has 0 spiro atoms. The minimum atomic E-state index is -4.76. The van der Waals surface area contributed by atoms with Gasteiger partial charge in [0, 0.05) is 24.9 Å². The zero-order valence-corrected chi connectivity index (χ0v) is 11.7. The van der Waals surface area contributed by atoms with E-state index in [1.807, 2.05) is 0 Å². The summed E-state index contributed by atoms with van der Waals surface area (Å²) in [5, 5.41) is 12.8. The first-order chi connectivity index (χ1) is 9.18. The summed E-state index contributed by atoms with van der Waals surface area (Å²) in [5.74, 6) is -0.591. The average Bonchev–Trinajstić information content (AvgIpc) is 2.36. The minimum absolute atomic E-state index is 0.0139. The topological polar surface area (TPSA) is 133 Å². The van der Waals surface area contributed by atoms with E-state index in [-0.39, 0.29) is 11.4 Å². The van der Waals surface area contributed by atoms with Crippen molar-refractivity contribution in [1.29, 1.82) is 0 Å². The van der Waals surface area contributed by atoms with Crippen LogP contribution >= 0.6 is 7.75 Å². The van der Waals surface area contributed by atoms with Gasteiger partial charge in [0.2, 0.25) is 5.91 Å². The van der Waals surface area contributed by atoms with Gasteiger partial charge in [0.05, 0.1) is 4.92 Å². The van der Waals surface area contributed by atoms with Crippen LogP contribution in [0.4, 0.5) is 11.4 Å². The van der Waals surface area contributed by atoms with Gasteiger partial charge in [0.1, 0.15) is 6.04 Å².